The van der Waals surface area contributed by atoms with Gasteiger partial charge in [0.1, 0.15) is 5.60 Å². The molecule has 2 aromatic carbocycles. The fourth-order valence-electron chi connectivity index (χ4n) is 4.16. The Bertz CT molecular complexity index is 767. The van der Waals surface area contributed by atoms with Crippen LogP contribution < -0.4 is 0 Å². The minimum atomic E-state index is -0.135. The summed E-state index contributed by atoms with van der Waals surface area (Å²) in [5, 5.41) is 2.27. The highest BCUT2D eigenvalue weighted by molar-refractivity contribution is 5.99. The number of amides is 1. The van der Waals surface area contributed by atoms with Crippen LogP contribution in [0.3, 0.4) is 0 Å². The number of benzene rings is 2. The van der Waals surface area contributed by atoms with Gasteiger partial charge in [-0.3, -0.25) is 4.79 Å². The first kappa shape index (κ1) is 16.6. The molecule has 2 heterocycles. The zero-order chi connectivity index (χ0) is 17.3. The van der Waals surface area contributed by atoms with Crippen LogP contribution in [0.15, 0.2) is 42.5 Å². The summed E-state index contributed by atoms with van der Waals surface area (Å²) >= 11 is 0. The molecule has 2 saturated heterocycles. The molecular formula is C21H25NO3. The molecule has 2 aliphatic rings. The summed E-state index contributed by atoms with van der Waals surface area (Å²) in [4.78, 5) is 14.7. The van der Waals surface area contributed by atoms with Crippen molar-refractivity contribution in [3.05, 3.63) is 48.0 Å². The van der Waals surface area contributed by atoms with Crippen molar-refractivity contribution in [1.29, 1.82) is 0 Å². The third kappa shape index (κ3) is 3.05. The average Bonchev–Trinajstić information content (AvgIpc) is 3.03. The summed E-state index contributed by atoms with van der Waals surface area (Å²) in [5.74, 6) is 0.607. The Morgan fingerprint density at radius 3 is 2.84 bits per heavy atom. The topological polar surface area (TPSA) is 38.8 Å². The Balaban J connectivity index is 1.42. The lowest BCUT2D eigenvalue weighted by Crippen LogP contribution is -2.66. The largest absolute Gasteiger partial charge is 0.382 e. The second-order valence-corrected chi connectivity index (χ2v) is 7.11. The Labute approximate surface area is 148 Å². The Morgan fingerprint density at radius 1 is 1.24 bits per heavy atom. The summed E-state index contributed by atoms with van der Waals surface area (Å²) in [6.45, 7) is 5.77. The third-order valence-corrected chi connectivity index (χ3v) is 5.62. The zero-order valence-corrected chi connectivity index (χ0v) is 14.7. The maximum Gasteiger partial charge on any atom is 0.254 e. The van der Waals surface area contributed by atoms with Gasteiger partial charge in [0.25, 0.3) is 5.91 Å². The first-order chi connectivity index (χ1) is 12.2. The van der Waals surface area contributed by atoms with Gasteiger partial charge in [-0.2, -0.15) is 0 Å². The smallest absolute Gasteiger partial charge is 0.254 e. The lowest BCUT2D eigenvalue weighted by Gasteiger charge is -2.50. The molecule has 1 amide bonds. The molecule has 25 heavy (non-hydrogen) atoms. The van der Waals surface area contributed by atoms with E-state index in [4.69, 9.17) is 9.47 Å². The minimum absolute atomic E-state index is 0.107. The highest BCUT2D eigenvalue weighted by Crippen LogP contribution is 2.42. The van der Waals surface area contributed by atoms with E-state index in [1.54, 1.807) is 0 Å². The van der Waals surface area contributed by atoms with E-state index in [9.17, 15) is 4.79 Å². The molecule has 1 spiro atoms. The van der Waals surface area contributed by atoms with Crippen LogP contribution in [0.5, 0.6) is 0 Å². The zero-order valence-electron chi connectivity index (χ0n) is 14.7. The summed E-state index contributed by atoms with van der Waals surface area (Å²) in [7, 11) is 0. The number of carbonyl (C=O) groups is 1. The van der Waals surface area contributed by atoms with Crippen LogP contribution in [0.1, 0.15) is 30.1 Å². The van der Waals surface area contributed by atoms with Crippen molar-refractivity contribution in [3.8, 4) is 0 Å². The van der Waals surface area contributed by atoms with Crippen LogP contribution in [-0.2, 0) is 9.47 Å². The van der Waals surface area contributed by atoms with E-state index >= 15 is 0 Å². The predicted molar refractivity (Wildman–Crippen MR) is 97.8 cm³/mol. The molecule has 0 radical (unpaired) electrons. The number of carbonyl (C=O) groups excluding carboxylic acids is 1. The Kier molecular flexibility index (Phi) is 4.48. The van der Waals surface area contributed by atoms with Gasteiger partial charge in [0.2, 0.25) is 0 Å². The molecule has 2 aromatic rings. The predicted octanol–water partition coefficient (Wildman–Crippen LogP) is 3.50. The van der Waals surface area contributed by atoms with Crippen LogP contribution in [0.4, 0.5) is 0 Å². The second kappa shape index (κ2) is 6.77. The molecular weight excluding hydrogens is 314 g/mol. The van der Waals surface area contributed by atoms with Crippen molar-refractivity contribution in [2.45, 2.75) is 25.4 Å². The van der Waals surface area contributed by atoms with Crippen LogP contribution in [0.2, 0.25) is 0 Å². The summed E-state index contributed by atoms with van der Waals surface area (Å²) in [6, 6.07) is 14.1. The van der Waals surface area contributed by atoms with Crippen LogP contribution in [-0.4, -0.2) is 49.3 Å². The molecule has 0 N–H and O–H groups in total. The number of fused-ring (bicyclic) bond motifs is 1. The quantitative estimate of drug-likeness (QED) is 0.783. The summed E-state index contributed by atoms with van der Waals surface area (Å²) in [6.07, 6.45) is 2.09. The number of likely N-dealkylation sites (tertiary alicyclic amines) is 1. The van der Waals surface area contributed by atoms with Gasteiger partial charge >= 0.3 is 0 Å². The van der Waals surface area contributed by atoms with E-state index in [0.717, 1.165) is 49.0 Å². The number of rotatable bonds is 5. The van der Waals surface area contributed by atoms with Gasteiger partial charge in [-0.1, -0.05) is 30.3 Å². The molecule has 2 aliphatic heterocycles. The molecule has 0 aliphatic carbocycles. The molecule has 132 valence electrons. The highest BCUT2D eigenvalue weighted by atomic mass is 16.5. The Morgan fingerprint density at radius 2 is 2.04 bits per heavy atom. The number of ether oxygens (including phenoxy) is 2. The summed E-state index contributed by atoms with van der Waals surface area (Å²) in [5.41, 5.74) is 0.626. The van der Waals surface area contributed by atoms with Gasteiger partial charge in [-0.15, -0.1) is 0 Å². The van der Waals surface area contributed by atoms with Gasteiger partial charge in [-0.05, 0) is 48.6 Å². The van der Waals surface area contributed by atoms with Crippen molar-refractivity contribution in [2.24, 2.45) is 5.92 Å². The van der Waals surface area contributed by atoms with Gasteiger partial charge in [0, 0.05) is 25.4 Å². The fraction of sp³-hybridized carbons (Fsp3) is 0.476. The molecule has 0 saturated carbocycles. The van der Waals surface area contributed by atoms with E-state index in [0.29, 0.717) is 19.0 Å². The monoisotopic (exact) mass is 339 g/mol. The van der Waals surface area contributed by atoms with Crippen molar-refractivity contribution < 1.29 is 14.3 Å². The van der Waals surface area contributed by atoms with Gasteiger partial charge < -0.3 is 14.4 Å². The Hall–Kier alpha value is -1.91. The standard InChI is InChI=1S/C21H25NO3/c1-2-24-11-9-19-10-12-25-21(19)14-22(15-21)20(23)18-8-7-16-5-3-4-6-17(16)13-18/h3-8,13,19H,2,9-12,14-15H2,1H3/t19-/m0/s1. The summed E-state index contributed by atoms with van der Waals surface area (Å²) < 4.78 is 11.6. The van der Waals surface area contributed by atoms with Crippen LogP contribution >= 0.6 is 0 Å². The van der Waals surface area contributed by atoms with Crippen molar-refractivity contribution >= 4 is 16.7 Å². The normalized spacial score (nSPS) is 21.6. The fourth-order valence-corrected chi connectivity index (χ4v) is 4.16. The SMILES string of the molecule is CCOCC[C@H]1CCOC12CN(C(=O)c1ccc3ccccc3c1)C2. The van der Waals surface area contributed by atoms with E-state index in [2.05, 4.69) is 6.07 Å². The van der Waals surface area contributed by atoms with Crippen molar-refractivity contribution in [1.82, 2.24) is 4.90 Å². The first-order valence-corrected chi connectivity index (χ1v) is 9.22. The highest BCUT2D eigenvalue weighted by Gasteiger charge is 2.54. The average molecular weight is 339 g/mol. The van der Waals surface area contributed by atoms with Crippen molar-refractivity contribution in [2.75, 3.05) is 32.9 Å². The van der Waals surface area contributed by atoms with E-state index in [-0.39, 0.29) is 11.5 Å². The molecule has 0 bridgehead atoms. The molecule has 4 nitrogen and oxygen atoms in total. The van der Waals surface area contributed by atoms with Gasteiger partial charge in [-0.25, -0.2) is 0 Å². The molecule has 1 atom stereocenters. The number of hydrogen-bond donors (Lipinski definition) is 0. The molecule has 2 fully saturated rings. The maximum atomic E-state index is 12.8. The minimum Gasteiger partial charge on any atom is -0.382 e. The molecule has 4 rings (SSSR count). The molecule has 0 unspecified atom stereocenters. The first-order valence-electron chi connectivity index (χ1n) is 9.22. The lowest BCUT2D eigenvalue weighted by molar-refractivity contribution is -0.120. The van der Waals surface area contributed by atoms with Crippen LogP contribution in [0, 0.1) is 5.92 Å². The third-order valence-electron chi connectivity index (χ3n) is 5.62. The van der Waals surface area contributed by atoms with Crippen LogP contribution in [0.25, 0.3) is 10.8 Å². The number of hydrogen-bond acceptors (Lipinski definition) is 3. The second-order valence-electron chi connectivity index (χ2n) is 7.11. The van der Waals surface area contributed by atoms with Gasteiger partial charge in [0.15, 0.2) is 0 Å². The van der Waals surface area contributed by atoms with E-state index in [1.807, 2.05) is 48.2 Å². The van der Waals surface area contributed by atoms with E-state index < -0.39 is 0 Å². The van der Waals surface area contributed by atoms with Gasteiger partial charge in [0.05, 0.1) is 13.1 Å². The van der Waals surface area contributed by atoms with E-state index in [1.165, 1.54) is 0 Å². The number of nitrogens with zero attached hydrogens (tertiary/aromatic N) is 1. The molecule has 0 aromatic heterocycles. The lowest BCUT2D eigenvalue weighted by atomic mass is 9.79. The molecule has 4 heteroatoms. The van der Waals surface area contributed by atoms with Crippen molar-refractivity contribution in [3.63, 3.8) is 0 Å². The maximum absolute atomic E-state index is 12.8.